The van der Waals surface area contributed by atoms with Crippen molar-refractivity contribution in [1.29, 1.82) is 0 Å². The fourth-order valence-corrected chi connectivity index (χ4v) is 7.48. The summed E-state index contributed by atoms with van der Waals surface area (Å²) < 4.78 is 0. The lowest BCUT2D eigenvalue weighted by atomic mass is 9.40. The Hall–Kier alpha value is -0.710. The van der Waals surface area contributed by atoms with E-state index in [2.05, 4.69) is 20.4 Å². The lowest BCUT2D eigenvalue weighted by molar-refractivity contribution is -0.207. The first-order chi connectivity index (χ1) is 11.2. The fraction of sp³-hybridized carbons (Fsp3) is 0.850. The van der Waals surface area contributed by atoms with Gasteiger partial charge in [-0.25, -0.2) is 0 Å². The van der Waals surface area contributed by atoms with Crippen molar-refractivity contribution in [3.8, 4) is 0 Å². The van der Waals surface area contributed by atoms with Crippen LogP contribution in [-0.4, -0.2) is 39.9 Å². The summed E-state index contributed by atoms with van der Waals surface area (Å²) in [5.41, 5.74) is -0.568. The standard InChI is InChI=1S/C20H30O4/c1-11-15-12(22)9-14-19(3)7-4-6-18(2,10-21)13(19)5-8-20(14,16(11)23)17(15)24/h12-15,17,21-22,24H,1,4-10H2,2-3H3. The maximum Gasteiger partial charge on any atom is 0.167 e. The van der Waals surface area contributed by atoms with Crippen LogP contribution >= 0.6 is 0 Å². The zero-order chi connectivity index (χ0) is 17.5. The van der Waals surface area contributed by atoms with Crippen molar-refractivity contribution in [2.24, 2.45) is 34.0 Å². The number of aliphatic hydroxyl groups excluding tert-OH is 3. The molecule has 0 aromatic rings. The molecule has 0 radical (unpaired) electrons. The molecule has 0 saturated heterocycles. The lowest BCUT2D eigenvalue weighted by Crippen LogP contribution is -2.63. The Morgan fingerprint density at radius 2 is 1.88 bits per heavy atom. The molecule has 0 heterocycles. The van der Waals surface area contributed by atoms with Gasteiger partial charge in [0.25, 0.3) is 0 Å². The molecular weight excluding hydrogens is 304 g/mol. The molecule has 0 amide bonds. The summed E-state index contributed by atoms with van der Waals surface area (Å²) in [4.78, 5) is 13.1. The summed E-state index contributed by atoms with van der Waals surface area (Å²) in [7, 11) is 0. The van der Waals surface area contributed by atoms with E-state index in [0.717, 1.165) is 25.7 Å². The van der Waals surface area contributed by atoms with Crippen LogP contribution in [0.5, 0.6) is 0 Å². The Morgan fingerprint density at radius 3 is 2.54 bits per heavy atom. The molecule has 4 heteroatoms. The SMILES string of the molecule is C=C1C(=O)C23CCC4C(C)(CO)CCCC4(C)C2CC(O)C1C3O. The number of hydrogen-bond acceptors (Lipinski definition) is 4. The van der Waals surface area contributed by atoms with Crippen molar-refractivity contribution in [1.82, 2.24) is 0 Å². The second-order valence-electron chi connectivity index (χ2n) is 9.48. The van der Waals surface area contributed by atoms with Gasteiger partial charge < -0.3 is 15.3 Å². The van der Waals surface area contributed by atoms with E-state index in [9.17, 15) is 20.1 Å². The van der Waals surface area contributed by atoms with Gasteiger partial charge in [0.15, 0.2) is 5.78 Å². The molecular formula is C20H30O4. The van der Waals surface area contributed by atoms with Gasteiger partial charge in [0.1, 0.15) is 0 Å². The van der Waals surface area contributed by atoms with Gasteiger partial charge in [-0.15, -0.1) is 0 Å². The molecule has 4 rings (SSSR count). The van der Waals surface area contributed by atoms with Gasteiger partial charge in [-0.2, -0.15) is 0 Å². The highest BCUT2D eigenvalue weighted by Crippen LogP contribution is 2.70. The monoisotopic (exact) mass is 334 g/mol. The number of carbonyl (C=O) groups excluding carboxylic acids is 1. The lowest BCUT2D eigenvalue weighted by Gasteiger charge is -2.64. The number of hydrogen-bond donors (Lipinski definition) is 3. The topological polar surface area (TPSA) is 77.8 Å². The zero-order valence-electron chi connectivity index (χ0n) is 14.8. The van der Waals surface area contributed by atoms with E-state index in [4.69, 9.17) is 0 Å². The van der Waals surface area contributed by atoms with E-state index < -0.39 is 23.5 Å². The van der Waals surface area contributed by atoms with E-state index in [1.807, 2.05) is 0 Å². The molecule has 4 aliphatic carbocycles. The van der Waals surface area contributed by atoms with Gasteiger partial charge in [0.05, 0.1) is 17.6 Å². The normalized spacial score (nSPS) is 56.8. The summed E-state index contributed by atoms with van der Waals surface area (Å²) >= 11 is 0. The van der Waals surface area contributed by atoms with E-state index in [-0.39, 0.29) is 29.1 Å². The number of rotatable bonds is 1. The Labute approximate surface area is 144 Å². The number of aliphatic hydroxyl groups is 3. The first kappa shape index (κ1) is 16.7. The Balaban J connectivity index is 1.84. The molecule has 24 heavy (non-hydrogen) atoms. The zero-order valence-corrected chi connectivity index (χ0v) is 14.8. The van der Waals surface area contributed by atoms with Crippen LogP contribution in [0.4, 0.5) is 0 Å². The van der Waals surface area contributed by atoms with Gasteiger partial charge in [-0.1, -0.05) is 26.8 Å². The molecule has 4 fully saturated rings. The van der Waals surface area contributed by atoms with Crippen LogP contribution in [0.1, 0.15) is 52.4 Å². The van der Waals surface area contributed by atoms with Crippen LogP contribution in [-0.2, 0) is 4.79 Å². The van der Waals surface area contributed by atoms with Crippen molar-refractivity contribution >= 4 is 5.78 Å². The average Bonchev–Trinajstić information content (AvgIpc) is 2.66. The van der Waals surface area contributed by atoms with E-state index >= 15 is 0 Å². The minimum Gasteiger partial charge on any atom is -0.396 e. The van der Waals surface area contributed by atoms with Crippen molar-refractivity contribution < 1.29 is 20.1 Å². The van der Waals surface area contributed by atoms with Gasteiger partial charge in [-0.3, -0.25) is 4.79 Å². The number of fused-ring (bicyclic) bond motifs is 3. The fourth-order valence-electron chi connectivity index (χ4n) is 7.48. The molecule has 4 nitrogen and oxygen atoms in total. The molecule has 4 aliphatic rings. The second-order valence-corrected chi connectivity index (χ2v) is 9.48. The molecule has 8 atom stereocenters. The van der Waals surface area contributed by atoms with Crippen LogP contribution < -0.4 is 0 Å². The molecule has 1 spiro atoms. The van der Waals surface area contributed by atoms with Gasteiger partial charge in [0.2, 0.25) is 0 Å². The maximum atomic E-state index is 13.1. The molecule has 4 saturated carbocycles. The molecule has 134 valence electrons. The van der Waals surface area contributed by atoms with Gasteiger partial charge in [-0.05, 0) is 60.3 Å². The number of carbonyl (C=O) groups is 1. The van der Waals surface area contributed by atoms with E-state index in [0.29, 0.717) is 24.3 Å². The summed E-state index contributed by atoms with van der Waals surface area (Å²) in [6, 6.07) is 0. The molecule has 3 N–H and O–H groups in total. The molecule has 0 aliphatic heterocycles. The summed E-state index contributed by atoms with van der Waals surface area (Å²) in [5, 5.41) is 31.7. The van der Waals surface area contributed by atoms with Gasteiger partial charge in [0, 0.05) is 12.5 Å². The highest BCUT2D eigenvalue weighted by Gasteiger charge is 2.72. The van der Waals surface area contributed by atoms with E-state index in [1.165, 1.54) is 0 Å². The Morgan fingerprint density at radius 1 is 1.17 bits per heavy atom. The highest BCUT2D eigenvalue weighted by molar-refractivity contribution is 6.04. The second kappa shape index (κ2) is 4.93. The van der Waals surface area contributed by atoms with E-state index in [1.54, 1.807) is 0 Å². The minimum atomic E-state index is -0.800. The van der Waals surface area contributed by atoms with Crippen molar-refractivity contribution in [3.63, 3.8) is 0 Å². The molecule has 0 aromatic carbocycles. The third kappa shape index (κ3) is 1.68. The first-order valence-electron chi connectivity index (χ1n) is 9.43. The quantitative estimate of drug-likeness (QED) is 0.642. The number of Topliss-reactive ketones (excluding diaryl/α,β-unsaturated/α-hetero) is 1. The summed E-state index contributed by atoms with van der Waals surface area (Å²) in [5.74, 6) is -0.181. The largest absolute Gasteiger partial charge is 0.396 e. The molecule has 2 bridgehead atoms. The van der Waals surface area contributed by atoms with Crippen molar-refractivity contribution in [3.05, 3.63) is 12.2 Å². The van der Waals surface area contributed by atoms with Crippen LogP contribution in [0.25, 0.3) is 0 Å². The number of ketones is 1. The van der Waals surface area contributed by atoms with Crippen molar-refractivity contribution in [2.75, 3.05) is 6.61 Å². The van der Waals surface area contributed by atoms with Crippen LogP contribution in [0.3, 0.4) is 0 Å². The van der Waals surface area contributed by atoms with Crippen molar-refractivity contribution in [2.45, 2.75) is 64.6 Å². The smallest absolute Gasteiger partial charge is 0.167 e. The third-order valence-electron chi connectivity index (χ3n) is 8.60. The molecule has 8 unspecified atom stereocenters. The predicted molar refractivity (Wildman–Crippen MR) is 90.1 cm³/mol. The van der Waals surface area contributed by atoms with Crippen LogP contribution in [0, 0.1) is 34.0 Å². The average molecular weight is 334 g/mol. The van der Waals surface area contributed by atoms with Crippen LogP contribution in [0.15, 0.2) is 12.2 Å². The summed E-state index contributed by atoms with van der Waals surface area (Å²) in [6.45, 7) is 8.50. The Bertz CT molecular complexity index is 600. The highest BCUT2D eigenvalue weighted by atomic mass is 16.3. The Kier molecular flexibility index (Phi) is 3.44. The maximum absolute atomic E-state index is 13.1. The minimum absolute atomic E-state index is 0.00231. The first-order valence-corrected chi connectivity index (χ1v) is 9.43. The third-order valence-corrected chi connectivity index (χ3v) is 8.60. The molecule has 0 aromatic heterocycles. The summed E-state index contributed by atoms with van der Waals surface area (Å²) in [6.07, 6.45) is 3.66. The van der Waals surface area contributed by atoms with Crippen LogP contribution in [0.2, 0.25) is 0 Å². The van der Waals surface area contributed by atoms with Gasteiger partial charge >= 0.3 is 0 Å². The predicted octanol–water partition coefficient (Wildman–Crippen LogP) is 2.07.